The van der Waals surface area contributed by atoms with E-state index < -0.39 is 0 Å². The maximum absolute atomic E-state index is 10.2. The molecule has 3 N–H and O–H groups in total. The molecule has 1 aliphatic rings. The molecule has 1 aliphatic carbocycles. The Morgan fingerprint density at radius 1 is 1.32 bits per heavy atom. The molecule has 1 aromatic heterocycles. The summed E-state index contributed by atoms with van der Waals surface area (Å²) < 4.78 is 0. The third-order valence-electron chi connectivity index (χ3n) is 4.72. The fraction of sp³-hybridized carbons (Fsp3) is 0.444. The van der Waals surface area contributed by atoms with E-state index in [4.69, 9.17) is 0 Å². The molecule has 2 atom stereocenters. The zero-order valence-corrected chi connectivity index (χ0v) is 13.7. The molecular formula is C18H23NO2S. The monoisotopic (exact) mass is 317 g/mol. The molecule has 0 saturated carbocycles. The number of thiophene rings is 1. The van der Waals surface area contributed by atoms with Gasteiger partial charge in [0.1, 0.15) is 0 Å². The number of phenols is 2. The lowest BCUT2D eigenvalue weighted by atomic mass is 9.74. The van der Waals surface area contributed by atoms with Crippen LogP contribution in [0.5, 0.6) is 11.5 Å². The Balaban J connectivity index is 1.91. The molecule has 0 amide bonds. The van der Waals surface area contributed by atoms with E-state index in [1.54, 1.807) is 6.07 Å². The molecule has 0 saturated heterocycles. The minimum atomic E-state index is 0.00261. The summed E-state index contributed by atoms with van der Waals surface area (Å²) in [6.07, 6.45) is 4.13. The van der Waals surface area contributed by atoms with Crippen molar-refractivity contribution in [2.75, 3.05) is 13.6 Å². The van der Waals surface area contributed by atoms with Crippen LogP contribution in [-0.2, 0) is 12.8 Å². The highest BCUT2D eigenvalue weighted by Crippen LogP contribution is 2.44. The van der Waals surface area contributed by atoms with Gasteiger partial charge < -0.3 is 15.5 Å². The summed E-state index contributed by atoms with van der Waals surface area (Å²) in [7, 11) is 2.00. The second-order valence-corrected chi connectivity index (χ2v) is 7.13. The first-order chi connectivity index (χ1) is 10.7. The van der Waals surface area contributed by atoms with Crippen LogP contribution in [0.25, 0.3) is 0 Å². The molecule has 0 aliphatic heterocycles. The van der Waals surface area contributed by atoms with Crippen molar-refractivity contribution in [1.29, 1.82) is 0 Å². The van der Waals surface area contributed by atoms with Crippen LogP contribution in [0, 0.1) is 5.92 Å². The summed E-state index contributed by atoms with van der Waals surface area (Å²) in [5.41, 5.74) is 2.17. The van der Waals surface area contributed by atoms with Gasteiger partial charge in [0, 0.05) is 10.4 Å². The van der Waals surface area contributed by atoms with Crippen LogP contribution in [0.3, 0.4) is 0 Å². The van der Waals surface area contributed by atoms with Crippen molar-refractivity contribution in [3.8, 4) is 11.5 Å². The van der Waals surface area contributed by atoms with Gasteiger partial charge >= 0.3 is 0 Å². The van der Waals surface area contributed by atoms with E-state index in [0.717, 1.165) is 37.8 Å². The SMILES string of the molecule is CNCC(Cc1cccs1)C1CCCc2c1ccc(O)c2O. The van der Waals surface area contributed by atoms with E-state index in [1.165, 1.54) is 10.4 Å². The Hall–Kier alpha value is -1.52. The van der Waals surface area contributed by atoms with Crippen LogP contribution in [0.1, 0.15) is 34.8 Å². The lowest BCUT2D eigenvalue weighted by molar-refractivity contribution is 0.354. The number of rotatable bonds is 5. The highest BCUT2D eigenvalue weighted by molar-refractivity contribution is 7.09. The van der Waals surface area contributed by atoms with E-state index in [0.29, 0.717) is 11.8 Å². The Morgan fingerprint density at radius 3 is 2.91 bits per heavy atom. The first-order valence-corrected chi connectivity index (χ1v) is 8.79. The first kappa shape index (κ1) is 15.4. The van der Waals surface area contributed by atoms with Crippen LogP contribution < -0.4 is 5.32 Å². The molecule has 4 heteroatoms. The zero-order valence-electron chi connectivity index (χ0n) is 12.9. The Kier molecular flexibility index (Phi) is 4.69. The van der Waals surface area contributed by atoms with Gasteiger partial charge in [-0.05, 0) is 74.2 Å². The number of benzene rings is 1. The smallest absolute Gasteiger partial charge is 0.160 e. The summed E-state index contributed by atoms with van der Waals surface area (Å²) in [6.45, 7) is 0.962. The average Bonchev–Trinajstić information content (AvgIpc) is 3.03. The third-order valence-corrected chi connectivity index (χ3v) is 5.62. The standard InChI is InChI=1S/C18H23NO2S/c1-19-11-12(10-13-4-3-9-22-13)14-5-2-6-16-15(14)7-8-17(20)18(16)21/h3-4,7-9,12,14,19-21H,2,5-6,10-11H2,1H3. The quantitative estimate of drug-likeness (QED) is 0.738. The Labute approximate surface area is 135 Å². The van der Waals surface area contributed by atoms with Crippen molar-refractivity contribution in [3.63, 3.8) is 0 Å². The van der Waals surface area contributed by atoms with Crippen molar-refractivity contribution in [2.45, 2.75) is 31.6 Å². The van der Waals surface area contributed by atoms with Crippen molar-refractivity contribution < 1.29 is 10.2 Å². The number of nitrogens with one attached hydrogen (secondary N) is 1. The summed E-state index contributed by atoms with van der Waals surface area (Å²) in [6, 6.07) is 7.94. The van der Waals surface area contributed by atoms with Crippen LogP contribution in [-0.4, -0.2) is 23.8 Å². The van der Waals surface area contributed by atoms with Crippen molar-refractivity contribution in [1.82, 2.24) is 5.32 Å². The van der Waals surface area contributed by atoms with Gasteiger partial charge in [-0.15, -0.1) is 11.3 Å². The van der Waals surface area contributed by atoms with Crippen LogP contribution in [0.4, 0.5) is 0 Å². The molecule has 0 bridgehead atoms. The van der Waals surface area contributed by atoms with Crippen LogP contribution in [0.15, 0.2) is 29.6 Å². The minimum absolute atomic E-state index is 0.00261. The Bertz CT molecular complexity index is 624. The lowest BCUT2D eigenvalue weighted by Crippen LogP contribution is -2.28. The number of phenolic OH excluding ortho intramolecular Hbond substituents is 2. The molecule has 3 rings (SSSR count). The van der Waals surface area contributed by atoms with E-state index in [1.807, 2.05) is 24.5 Å². The predicted molar refractivity (Wildman–Crippen MR) is 90.9 cm³/mol. The molecule has 2 aromatic rings. The topological polar surface area (TPSA) is 52.5 Å². The van der Waals surface area contributed by atoms with Crippen molar-refractivity contribution >= 4 is 11.3 Å². The summed E-state index contributed by atoms with van der Waals surface area (Å²) in [4.78, 5) is 1.41. The Morgan fingerprint density at radius 2 is 2.18 bits per heavy atom. The molecule has 0 radical (unpaired) electrons. The molecule has 0 spiro atoms. The fourth-order valence-corrected chi connectivity index (χ4v) is 4.50. The summed E-state index contributed by atoms with van der Waals surface area (Å²) in [5.74, 6) is 1.03. The molecular weight excluding hydrogens is 294 g/mol. The van der Waals surface area contributed by atoms with E-state index in [9.17, 15) is 10.2 Å². The van der Waals surface area contributed by atoms with Gasteiger partial charge in [0.15, 0.2) is 11.5 Å². The normalized spacial score (nSPS) is 18.9. The van der Waals surface area contributed by atoms with Gasteiger partial charge in [0.25, 0.3) is 0 Å². The predicted octanol–water partition coefficient (Wildman–Crippen LogP) is 3.66. The summed E-state index contributed by atoms with van der Waals surface area (Å²) in [5, 5.41) is 25.4. The summed E-state index contributed by atoms with van der Waals surface area (Å²) >= 11 is 1.81. The highest BCUT2D eigenvalue weighted by atomic mass is 32.1. The van der Waals surface area contributed by atoms with Gasteiger partial charge in [-0.3, -0.25) is 0 Å². The molecule has 1 aromatic carbocycles. The number of aromatic hydroxyl groups is 2. The van der Waals surface area contributed by atoms with Gasteiger partial charge in [-0.1, -0.05) is 12.1 Å². The van der Waals surface area contributed by atoms with Crippen LogP contribution >= 0.6 is 11.3 Å². The van der Waals surface area contributed by atoms with Gasteiger partial charge in [0.05, 0.1) is 0 Å². The van der Waals surface area contributed by atoms with E-state index in [2.05, 4.69) is 22.8 Å². The number of fused-ring (bicyclic) bond motifs is 1. The fourth-order valence-electron chi connectivity index (χ4n) is 3.70. The number of hydrogen-bond acceptors (Lipinski definition) is 4. The first-order valence-electron chi connectivity index (χ1n) is 7.91. The van der Waals surface area contributed by atoms with Gasteiger partial charge in [-0.25, -0.2) is 0 Å². The maximum atomic E-state index is 10.2. The third kappa shape index (κ3) is 2.99. The van der Waals surface area contributed by atoms with Gasteiger partial charge in [0.2, 0.25) is 0 Å². The molecule has 1 heterocycles. The van der Waals surface area contributed by atoms with Crippen LogP contribution in [0.2, 0.25) is 0 Å². The maximum Gasteiger partial charge on any atom is 0.160 e. The lowest BCUT2D eigenvalue weighted by Gasteiger charge is -2.33. The zero-order chi connectivity index (χ0) is 15.5. The second-order valence-electron chi connectivity index (χ2n) is 6.10. The molecule has 0 fully saturated rings. The van der Waals surface area contributed by atoms with Crippen molar-refractivity contribution in [2.24, 2.45) is 5.92 Å². The highest BCUT2D eigenvalue weighted by Gasteiger charge is 2.30. The number of hydrogen-bond donors (Lipinski definition) is 3. The minimum Gasteiger partial charge on any atom is -0.504 e. The van der Waals surface area contributed by atoms with E-state index >= 15 is 0 Å². The largest absolute Gasteiger partial charge is 0.504 e. The van der Waals surface area contributed by atoms with Crippen molar-refractivity contribution in [3.05, 3.63) is 45.6 Å². The van der Waals surface area contributed by atoms with E-state index in [-0.39, 0.29) is 11.5 Å². The molecule has 22 heavy (non-hydrogen) atoms. The van der Waals surface area contributed by atoms with Gasteiger partial charge in [-0.2, -0.15) is 0 Å². The average molecular weight is 317 g/mol. The second kappa shape index (κ2) is 6.71. The molecule has 118 valence electrons. The molecule has 2 unspecified atom stereocenters. The molecule has 3 nitrogen and oxygen atoms in total.